The number of aryl methyl sites for hydroxylation is 1. The van der Waals surface area contributed by atoms with Crippen LogP contribution in [0.3, 0.4) is 0 Å². The van der Waals surface area contributed by atoms with E-state index in [2.05, 4.69) is 72.7 Å². The Balaban J connectivity index is 1.86. The Labute approximate surface area is 152 Å². The van der Waals surface area contributed by atoms with Gasteiger partial charge in [0.15, 0.2) is 5.96 Å². The first-order chi connectivity index (χ1) is 12.0. The molecule has 25 heavy (non-hydrogen) atoms. The molecule has 0 aliphatic carbocycles. The molecule has 1 aromatic rings. The van der Waals surface area contributed by atoms with Gasteiger partial charge in [0, 0.05) is 38.9 Å². The summed E-state index contributed by atoms with van der Waals surface area (Å²) in [5, 5.41) is 6.99. The quantitative estimate of drug-likeness (QED) is 0.613. The number of benzene rings is 1. The fourth-order valence-electron chi connectivity index (χ4n) is 3.26. The number of nitrogens with one attached hydrogen (secondary N) is 2. The third kappa shape index (κ3) is 5.44. The molecule has 0 saturated carbocycles. The lowest BCUT2D eigenvalue weighted by molar-refractivity contribution is -0.00501. The Morgan fingerprint density at radius 2 is 1.84 bits per heavy atom. The van der Waals surface area contributed by atoms with Gasteiger partial charge in [0.05, 0.1) is 0 Å². The van der Waals surface area contributed by atoms with E-state index in [1.807, 2.05) is 7.05 Å². The first-order valence-corrected chi connectivity index (χ1v) is 9.23. The number of hydrogen-bond donors (Lipinski definition) is 2. The predicted molar refractivity (Wildman–Crippen MR) is 105 cm³/mol. The first-order valence-electron chi connectivity index (χ1n) is 9.23. The maximum Gasteiger partial charge on any atom is 0.191 e. The van der Waals surface area contributed by atoms with Crippen LogP contribution < -0.4 is 10.6 Å². The van der Waals surface area contributed by atoms with Gasteiger partial charge in [-0.05, 0) is 45.3 Å². The normalized spacial score (nSPS) is 18.9. The van der Waals surface area contributed by atoms with E-state index in [0.717, 1.165) is 45.1 Å². The van der Waals surface area contributed by atoms with Crippen LogP contribution in [0.15, 0.2) is 29.3 Å². The van der Waals surface area contributed by atoms with Crippen molar-refractivity contribution in [3.05, 3.63) is 35.4 Å². The third-order valence-electron chi connectivity index (χ3n) is 5.40. The molecule has 0 spiro atoms. The lowest BCUT2D eigenvalue weighted by Gasteiger charge is -2.43. The zero-order valence-corrected chi connectivity index (χ0v) is 16.4. The molecule has 1 aliphatic heterocycles. The standard InChI is InChI=1S/C20H34N4O/c1-16-6-8-18(9-7-16)17(2)14-22-19(21-3)23-15-20(24(4)5)10-12-25-13-11-20/h6-9,17H,10-15H2,1-5H3,(H2,21,22,23). The Hall–Kier alpha value is -1.59. The monoisotopic (exact) mass is 346 g/mol. The fourth-order valence-corrected chi connectivity index (χ4v) is 3.26. The van der Waals surface area contributed by atoms with Gasteiger partial charge in [0.25, 0.3) is 0 Å². The molecular weight excluding hydrogens is 312 g/mol. The number of ether oxygens (including phenoxy) is 1. The zero-order valence-electron chi connectivity index (χ0n) is 16.4. The van der Waals surface area contributed by atoms with Gasteiger partial charge >= 0.3 is 0 Å². The summed E-state index contributed by atoms with van der Waals surface area (Å²) in [5.41, 5.74) is 2.79. The summed E-state index contributed by atoms with van der Waals surface area (Å²) in [4.78, 5) is 6.71. The van der Waals surface area contributed by atoms with E-state index in [9.17, 15) is 0 Å². The molecule has 0 aromatic heterocycles. The molecular formula is C20H34N4O. The van der Waals surface area contributed by atoms with Gasteiger partial charge in [-0.1, -0.05) is 36.8 Å². The van der Waals surface area contributed by atoms with Crippen LogP contribution in [0.4, 0.5) is 0 Å². The summed E-state index contributed by atoms with van der Waals surface area (Å²) in [7, 11) is 6.14. The Kier molecular flexibility index (Phi) is 7.26. The van der Waals surface area contributed by atoms with Crippen LogP contribution in [-0.4, -0.2) is 63.8 Å². The maximum absolute atomic E-state index is 5.54. The van der Waals surface area contributed by atoms with Crippen molar-refractivity contribution in [1.82, 2.24) is 15.5 Å². The minimum absolute atomic E-state index is 0.137. The number of rotatable bonds is 6. The smallest absolute Gasteiger partial charge is 0.191 e. The number of nitrogens with zero attached hydrogens (tertiary/aromatic N) is 2. The van der Waals surface area contributed by atoms with Crippen molar-refractivity contribution in [3.63, 3.8) is 0 Å². The zero-order chi connectivity index (χ0) is 18.3. The van der Waals surface area contributed by atoms with E-state index in [-0.39, 0.29) is 5.54 Å². The summed E-state index contributed by atoms with van der Waals surface area (Å²) < 4.78 is 5.54. The molecule has 1 aromatic carbocycles. The Morgan fingerprint density at radius 3 is 2.40 bits per heavy atom. The van der Waals surface area contributed by atoms with E-state index in [1.54, 1.807) is 0 Å². The lowest BCUT2D eigenvalue weighted by Crippen LogP contribution is -2.57. The molecule has 1 atom stereocenters. The summed E-state index contributed by atoms with van der Waals surface area (Å²) >= 11 is 0. The average molecular weight is 347 g/mol. The van der Waals surface area contributed by atoms with Crippen LogP contribution in [0.1, 0.15) is 36.8 Å². The molecule has 1 saturated heterocycles. The van der Waals surface area contributed by atoms with Crippen LogP contribution in [-0.2, 0) is 4.74 Å². The van der Waals surface area contributed by atoms with Crippen LogP contribution in [0.25, 0.3) is 0 Å². The summed E-state index contributed by atoms with van der Waals surface area (Å²) in [5.74, 6) is 1.30. The van der Waals surface area contributed by atoms with E-state index in [4.69, 9.17) is 4.74 Å². The average Bonchev–Trinajstić information content (AvgIpc) is 2.63. The van der Waals surface area contributed by atoms with Crippen molar-refractivity contribution < 1.29 is 4.74 Å². The van der Waals surface area contributed by atoms with Gasteiger partial charge in [-0.3, -0.25) is 4.99 Å². The number of guanidine groups is 1. The van der Waals surface area contributed by atoms with Crippen molar-refractivity contribution >= 4 is 5.96 Å². The third-order valence-corrected chi connectivity index (χ3v) is 5.40. The SMILES string of the molecule is CN=C(NCC(C)c1ccc(C)cc1)NCC1(N(C)C)CCOCC1. The predicted octanol–water partition coefficient (Wildman–Crippen LogP) is 2.37. The molecule has 1 aliphatic rings. The molecule has 1 fully saturated rings. The fraction of sp³-hybridized carbons (Fsp3) is 0.650. The largest absolute Gasteiger partial charge is 0.381 e. The van der Waals surface area contributed by atoms with E-state index >= 15 is 0 Å². The first kappa shape index (κ1) is 19.7. The van der Waals surface area contributed by atoms with E-state index < -0.39 is 0 Å². The van der Waals surface area contributed by atoms with Gasteiger partial charge in [-0.15, -0.1) is 0 Å². The van der Waals surface area contributed by atoms with Crippen molar-refractivity contribution in [2.24, 2.45) is 4.99 Å². The molecule has 1 unspecified atom stereocenters. The number of hydrogen-bond acceptors (Lipinski definition) is 3. The Bertz CT molecular complexity index is 547. The van der Waals surface area contributed by atoms with Gasteiger partial charge in [-0.2, -0.15) is 0 Å². The second-order valence-corrected chi connectivity index (χ2v) is 7.35. The van der Waals surface area contributed by atoms with Crippen LogP contribution in [0.5, 0.6) is 0 Å². The highest BCUT2D eigenvalue weighted by Crippen LogP contribution is 2.25. The molecule has 140 valence electrons. The molecule has 1 heterocycles. The molecule has 5 nitrogen and oxygen atoms in total. The van der Waals surface area contributed by atoms with E-state index in [0.29, 0.717) is 5.92 Å². The molecule has 5 heteroatoms. The summed E-state index contributed by atoms with van der Waals surface area (Å²) in [6.45, 7) is 7.76. The van der Waals surface area contributed by atoms with Gasteiger partial charge < -0.3 is 20.3 Å². The highest BCUT2D eigenvalue weighted by molar-refractivity contribution is 5.79. The number of aliphatic imine (C=N–C) groups is 1. The van der Waals surface area contributed by atoms with Gasteiger partial charge in [0.1, 0.15) is 0 Å². The van der Waals surface area contributed by atoms with Gasteiger partial charge in [-0.25, -0.2) is 0 Å². The topological polar surface area (TPSA) is 48.9 Å². The van der Waals surface area contributed by atoms with E-state index in [1.165, 1.54) is 11.1 Å². The molecule has 0 radical (unpaired) electrons. The number of likely N-dealkylation sites (N-methyl/N-ethyl adjacent to an activating group) is 1. The lowest BCUT2D eigenvalue weighted by atomic mass is 9.88. The Morgan fingerprint density at radius 1 is 1.20 bits per heavy atom. The summed E-state index contributed by atoms with van der Waals surface area (Å²) in [6.07, 6.45) is 2.09. The van der Waals surface area contributed by atoms with Crippen LogP contribution >= 0.6 is 0 Å². The van der Waals surface area contributed by atoms with Crippen LogP contribution in [0, 0.1) is 6.92 Å². The van der Waals surface area contributed by atoms with Crippen molar-refractivity contribution in [3.8, 4) is 0 Å². The maximum atomic E-state index is 5.54. The second kappa shape index (κ2) is 9.20. The van der Waals surface area contributed by atoms with Crippen molar-refractivity contribution in [2.45, 2.75) is 38.1 Å². The molecule has 2 rings (SSSR count). The molecule has 2 N–H and O–H groups in total. The second-order valence-electron chi connectivity index (χ2n) is 7.35. The van der Waals surface area contributed by atoms with Crippen molar-refractivity contribution in [2.75, 3.05) is 47.4 Å². The highest BCUT2D eigenvalue weighted by Gasteiger charge is 2.34. The van der Waals surface area contributed by atoms with Crippen LogP contribution in [0.2, 0.25) is 0 Å². The highest BCUT2D eigenvalue weighted by atomic mass is 16.5. The minimum Gasteiger partial charge on any atom is -0.381 e. The van der Waals surface area contributed by atoms with Gasteiger partial charge in [0.2, 0.25) is 0 Å². The summed E-state index contributed by atoms with van der Waals surface area (Å²) in [6, 6.07) is 8.76. The minimum atomic E-state index is 0.137. The molecule has 0 amide bonds. The van der Waals surface area contributed by atoms with Crippen molar-refractivity contribution in [1.29, 1.82) is 0 Å². The molecule has 0 bridgehead atoms.